The van der Waals surface area contributed by atoms with E-state index in [2.05, 4.69) is 9.98 Å². The highest BCUT2D eigenvalue weighted by Gasteiger charge is 2.34. The van der Waals surface area contributed by atoms with E-state index in [1.807, 2.05) is 6.92 Å². The zero-order valence-electron chi connectivity index (χ0n) is 12.3. The second kappa shape index (κ2) is 7.14. The lowest BCUT2D eigenvalue weighted by molar-refractivity contribution is -0.137. The summed E-state index contributed by atoms with van der Waals surface area (Å²) in [6.07, 6.45) is -0.235. The van der Waals surface area contributed by atoms with Gasteiger partial charge in [-0.2, -0.15) is 13.2 Å². The normalized spacial score (nSPS) is 14.1. The number of aromatic nitrogens is 2. The van der Waals surface area contributed by atoms with E-state index in [4.69, 9.17) is 11.6 Å². The van der Waals surface area contributed by atoms with Crippen LogP contribution in [0.3, 0.4) is 0 Å². The fourth-order valence-electron chi connectivity index (χ4n) is 2.06. The maximum atomic E-state index is 13.2. The Morgan fingerprint density at radius 2 is 2.17 bits per heavy atom. The zero-order valence-corrected chi connectivity index (χ0v) is 13.0. The van der Waals surface area contributed by atoms with Crippen LogP contribution in [0.5, 0.6) is 0 Å². The van der Waals surface area contributed by atoms with Crippen molar-refractivity contribution < 1.29 is 18.3 Å². The molecular weight excluding hydrogens is 331 g/mol. The summed E-state index contributed by atoms with van der Waals surface area (Å²) >= 11 is 5.66. The Bertz CT molecular complexity index is 684. The van der Waals surface area contributed by atoms with Gasteiger partial charge in [-0.3, -0.25) is 4.57 Å². The number of imidazole rings is 1. The summed E-state index contributed by atoms with van der Waals surface area (Å²) < 4.78 is 40.9. The van der Waals surface area contributed by atoms with Crippen LogP contribution < -0.4 is 0 Å². The number of aliphatic imine (C=N–C) groups is 1. The predicted molar refractivity (Wildman–Crippen MR) is 82.1 cm³/mol. The van der Waals surface area contributed by atoms with Crippen molar-refractivity contribution in [3.63, 3.8) is 0 Å². The highest BCUT2D eigenvalue weighted by molar-refractivity contribution is 6.30. The number of alkyl halides is 3. The first kappa shape index (κ1) is 17.5. The van der Waals surface area contributed by atoms with Crippen molar-refractivity contribution in [3.05, 3.63) is 47.5 Å². The van der Waals surface area contributed by atoms with Gasteiger partial charge >= 0.3 is 6.18 Å². The number of rotatable bonds is 4. The average molecular weight is 346 g/mol. The highest BCUT2D eigenvalue weighted by Crippen LogP contribution is 2.38. The molecule has 0 aliphatic heterocycles. The molecule has 1 unspecified atom stereocenters. The molecule has 0 bridgehead atoms. The fraction of sp³-hybridized carbons (Fsp3) is 0.333. The summed E-state index contributed by atoms with van der Waals surface area (Å²) in [5.74, 6) is 0.0807. The Kier molecular flexibility index (Phi) is 5.43. The van der Waals surface area contributed by atoms with Crippen molar-refractivity contribution in [2.45, 2.75) is 32.0 Å². The molecule has 0 spiro atoms. The molecule has 1 aromatic heterocycles. The number of hydrogen-bond acceptors (Lipinski definition) is 3. The third-order valence-corrected chi connectivity index (χ3v) is 3.36. The lowest BCUT2D eigenvalue weighted by atomic mass is 10.1. The number of aliphatic hydroxyl groups is 1. The molecule has 0 aliphatic rings. The van der Waals surface area contributed by atoms with Crippen LogP contribution >= 0.6 is 11.6 Å². The number of nitrogens with zero attached hydrogens (tertiary/aromatic N) is 3. The van der Waals surface area contributed by atoms with Gasteiger partial charge in [0.15, 0.2) is 0 Å². The molecule has 23 heavy (non-hydrogen) atoms. The van der Waals surface area contributed by atoms with Crippen LogP contribution in [-0.2, 0) is 6.18 Å². The summed E-state index contributed by atoms with van der Waals surface area (Å²) in [7, 11) is 0. The Hall–Kier alpha value is -1.86. The third kappa shape index (κ3) is 4.33. The van der Waals surface area contributed by atoms with Crippen molar-refractivity contribution in [2.75, 3.05) is 0 Å². The van der Waals surface area contributed by atoms with Gasteiger partial charge in [0, 0.05) is 17.4 Å². The fourth-order valence-corrected chi connectivity index (χ4v) is 2.23. The molecule has 1 N–H and O–H groups in total. The molecule has 124 valence electrons. The van der Waals surface area contributed by atoms with Gasteiger partial charge in [-0.15, -0.1) is 0 Å². The molecule has 0 amide bonds. The largest absolute Gasteiger partial charge is 0.418 e. The molecule has 2 aromatic rings. The van der Waals surface area contributed by atoms with Crippen molar-refractivity contribution in [1.29, 1.82) is 0 Å². The average Bonchev–Trinajstić information content (AvgIpc) is 2.99. The topological polar surface area (TPSA) is 50.4 Å². The summed E-state index contributed by atoms with van der Waals surface area (Å²) in [5, 5.41) is 10.2. The van der Waals surface area contributed by atoms with E-state index in [9.17, 15) is 18.3 Å². The molecule has 0 saturated carbocycles. The van der Waals surface area contributed by atoms with Crippen LogP contribution in [0.1, 0.15) is 25.3 Å². The van der Waals surface area contributed by atoms with E-state index >= 15 is 0 Å². The predicted octanol–water partition coefficient (Wildman–Crippen LogP) is 4.29. The molecular formula is C15H15ClF3N3O. The van der Waals surface area contributed by atoms with Gasteiger partial charge in [0.25, 0.3) is 0 Å². The van der Waals surface area contributed by atoms with E-state index in [0.29, 0.717) is 12.8 Å². The van der Waals surface area contributed by atoms with Crippen molar-refractivity contribution in [3.8, 4) is 0 Å². The van der Waals surface area contributed by atoms with Crippen LogP contribution in [0.15, 0.2) is 41.9 Å². The number of aliphatic hydroxyl groups excluding tert-OH is 1. The monoisotopic (exact) mass is 345 g/mol. The van der Waals surface area contributed by atoms with Crippen LogP contribution in [-0.4, -0.2) is 26.6 Å². The maximum Gasteiger partial charge on any atom is 0.418 e. The lowest BCUT2D eigenvalue weighted by Crippen LogP contribution is -2.26. The molecule has 4 nitrogen and oxygen atoms in total. The second-order valence-corrected chi connectivity index (χ2v) is 5.34. The first-order valence-corrected chi connectivity index (χ1v) is 7.32. The van der Waals surface area contributed by atoms with E-state index in [-0.39, 0.29) is 16.5 Å². The van der Waals surface area contributed by atoms with Gasteiger partial charge in [0.2, 0.25) is 0 Å². The molecule has 0 fully saturated rings. The van der Waals surface area contributed by atoms with Crippen molar-refractivity contribution >= 4 is 23.1 Å². The Morgan fingerprint density at radius 1 is 1.43 bits per heavy atom. The van der Waals surface area contributed by atoms with E-state index in [0.717, 1.165) is 6.07 Å². The summed E-state index contributed by atoms with van der Waals surface area (Å²) in [6.45, 7) is 1.86. The molecule has 1 atom stereocenters. The molecule has 8 heteroatoms. The number of hydrogen-bond donors (Lipinski definition) is 1. The van der Waals surface area contributed by atoms with Gasteiger partial charge in [0.05, 0.1) is 11.3 Å². The van der Waals surface area contributed by atoms with E-state index in [1.165, 1.54) is 35.4 Å². The molecule has 0 aliphatic carbocycles. The van der Waals surface area contributed by atoms with Gasteiger partial charge in [-0.05, 0) is 24.6 Å². The smallest absolute Gasteiger partial charge is 0.385 e. The number of benzene rings is 1. The minimum atomic E-state index is -4.60. The summed E-state index contributed by atoms with van der Waals surface area (Å²) in [4.78, 5) is 7.88. The van der Waals surface area contributed by atoms with E-state index < -0.39 is 17.8 Å². The molecule has 1 heterocycles. The zero-order chi connectivity index (χ0) is 17.0. The van der Waals surface area contributed by atoms with Crippen LogP contribution in [0.2, 0.25) is 5.02 Å². The second-order valence-electron chi connectivity index (χ2n) is 4.90. The molecule has 2 rings (SSSR count). The third-order valence-electron chi connectivity index (χ3n) is 3.13. The first-order valence-electron chi connectivity index (χ1n) is 6.94. The molecule has 1 aromatic carbocycles. The molecule has 0 radical (unpaired) electrons. The van der Waals surface area contributed by atoms with Gasteiger partial charge in [-0.1, -0.05) is 24.9 Å². The SMILES string of the molecule is CCCC(O)C(=Nc1ccc(Cl)cc1C(F)(F)F)n1ccnc1. The van der Waals surface area contributed by atoms with Gasteiger partial charge in [0.1, 0.15) is 18.3 Å². The number of halogens is 4. The Balaban J connectivity index is 2.55. The first-order chi connectivity index (χ1) is 10.8. The Labute approximate surface area is 136 Å². The van der Waals surface area contributed by atoms with Crippen molar-refractivity contribution in [2.24, 2.45) is 4.99 Å². The van der Waals surface area contributed by atoms with Crippen LogP contribution in [0.25, 0.3) is 0 Å². The summed E-state index contributed by atoms with van der Waals surface area (Å²) in [5.41, 5.74) is -1.26. The van der Waals surface area contributed by atoms with Crippen LogP contribution in [0, 0.1) is 0 Å². The van der Waals surface area contributed by atoms with Crippen molar-refractivity contribution in [1.82, 2.24) is 9.55 Å². The minimum absolute atomic E-state index is 0.0328. The van der Waals surface area contributed by atoms with Crippen LogP contribution in [0.4, 0.5) is 18.9 Å². The summed E-state index contributed by atoms with van der Waals surface area (Å²) in [6, 6.07) is 3.33. The molecule has 0 saturated heterocycles. The quantitative estimate of drug-likeness (QED) is 0.663. The lowest BCUT2D eigenvalue weighted by Gasteiger charge is -2.16. The standard InChI is InChI=1S/C15H15ClF3N3O/c1-2-3-13(23)14(22-7-6-20-9-22)21-12-5-4-10(16)8-11(12)15(17,18)19/h4-9,13,23H,2-3H2,1H3. The van der Waals surface area contributed by atoms with Gasteiger partial charge < -0.3 is 5.11 Å². The van der Waals surface area contributed by atoms with E-state index in [1.54, 1.807) is 0 Å². The van der Waals surface area contributed by atoms with Gasteiger partial charge in [-0.25, -0.2) is 9.98 Å². The minimum Gasteiger partial charge on any atom is -0.385 e. The highest BCUT2D eigenvalue weighted by atomic mass is 35.5. The maximum absolute atomic E-state index is 13.2. The Morgan fingerprint density at radius 3 is 2.74 bits per heavy atom.